The van der Waals surface area contributed by atoms with E-state index in [4.69, 9.17) is 23.2 Å². The van der Waals surface area contributed by atoms with Gasteiger partial charge in [-0.3, -0.25) is 4.79 Å². The normalized spacial score (nSPS) is 10.2. The molecule has 0 aliphatic heterocycles. The Labute approximate surface area is 126 Å². The molecule has 5 nitrogen and oxygen atoms in total. The summed E-state index contributed by atoms with van der Waals surface area (Å²) in [6.45, 7) is 2.64. The van der Waals surface area contributed by atoms with Crippen LogP contribution in [0.4, 0.5) is 11.6 Å². The van der Waals surface area contributed by atoms with Gasteiger partial charge in [0.25, 0.3) is 5.91 Å². The number of carbonyl (C=O) groups excluding carboxylic acids is 1. The lowest BCUT2D eigenvalue weighted by Crippen LogP contribution is -2.14. The van der Waals surface area contributed by atoms with Crippen molar-refractivity contribution in [2.24, 2.45) is 0 Å². The van der Waals surface area contributed by atoms with Crippen LogP contribution in [0.2, 0.25) is 10.0 Å². The Bertz CT molecular complexity index is 616. The molecular formula is C13H12Cl2N4O. The zero-order valence-corrected chi connectivity index (χ0v) is 12.2. The van der Waals surface area contributed by atoms with Crippen LogP contribution >= 0.6 is 23.2 Å². The molecule has 0 aromatic carbocycles. The zero-order chi connectivity index (χ0) is 14.5. The molecule has 2 rings (SSSR count). The minimum Gasteiger partial charge on any atom is -0.370 e. The van der Waals surface area contributed by atoms with Crippen LogP contribution in [0.3, 0.4) is 0 Å². The second kappa shape index (κ2) is 6.54. The molecule has 0 fully saturated rings. The first-order valence-corrected chi connectivity index (χ1v) is 6.68. The topological polar surface area (TPSA) is 66.9 Å². The van der Waals surface area contributed by atoms with E-state index < -0.39 is 0 Å². The van der Waals surface area contributed by atoms with Gasteiger partial charge in [-0.15, -0.1) is 0 Å². The maximum Gasteiger partial charge on any atom is 0.258 e. The highest BCUT2D eigenvalue weighted by atomic mass is 35.5. The highest BCUT2D eigenvalue weighted by molar-refractivity contribution is 6.34. The van der Waals surface area contributed by atoms with Gasteiger partial charge in [-0.25, -0.2) is 9.97 Å². The first-order chi connectivity index (χ1) is 9.60. The van der Waals surface area contributed by atoms with Crippen LogP contribution in [0, 0.1) is 0 Å². The number of halogens is 2. The van der Waals surface area contributed by atoms with Crippen LogP contribution in [0.15, 0.2) is 30.6 Å². The molecule has 0 unspecified atom stereocenters. The lowest BCUT2D eigenvalue weighted by Gasteiger charge is -2.08. The Hall–Kier alpha value is -1.85. The lowest BCUT2D eigenvalue weighted by atomic mass is 10.2. The van der Waals surface area contributed by atoms with E-state index in [9.17, 15) is 4.79 Å². The van der Waals surface area contributed by atoms with E-state index in [0.29, 0.717) is 28.8 Å². The van der Waals surface area contributed by atoms with Crippen molar-refractivity contribution in [3.05, 3.63) is 46.2 Å². The Morgan fingerprint density at radius 2 is 1.95 bits per heavy atom. The van der Waals surface area contributed by atoms with Gasteiger partial charge in [0.1, 0.15) is 11.6 Å². The predicted octanol–water partition coefficient (Wildman–Crippen LogP) is 3.47. The van der Waals surface area contributed by atoms with Gasteiger partial charge in [-0.1, -0.05) is 23.2 Å². The van der Waals surface area contributed by atoms with Gasteiger partial charge in [0.05, 0.1) is 15.6 Å². The second-order valence-corrected chi connectivity index (χ2v) is 4.74. The molecule has 20 heavy (non-hydrogen) atoms. The van der Waals surface area contributed by atoms with Crippen LogP contribution in [0.1, 0.15) is 17.3 Å². The van der Waals surface area contributed by atoms with Crippen LogP contribution in [-0.4, -0.2) is 22.4 Å². The largest absolute Gasteiger partial charge is 0.370 e. The van der Waals surface area contributed by atoms with Crippen molar-refractivity contribution in [1.29, 1.82) is 0 Å². The van der Waals surface area contributed by atoms with Gasteiger partial charge in [0.2, 0.25) is 0 Å². The molecule has 2 aromatic heterocycles. The van der Waals surface area contributed by atoms with Crippen LogP contribution in [-0.2, 0) is 0 Å². The molecule has 0 radical (unpaired) electrons. The van der Waals surface area contributed by atoms with E-state index in [1.54, 1.807) is 18.2 Å². The summed E-state index contributed by atoms with van der Waals surface area (Å²) in [4.78, 5) is 20.2. The average molecular weight is 311 g/mol. The van der Waals surface area contributed by atoms with E-state index >= 15 is 0 Å². The van der Waals surface area contributed by atoms with Crippen molar-refractivity contribution in [1.82, 2.24) is 9.97 Å². The Morgan fingerprint density at radius 3 is 2.60 bits per heavy atom. The van der Waals surface area contributed by atoms with E-state index in [-0.39, 0.29) is 10.9 Å². The number of aromatic nitrogens is 2. The SMILES string of the molecule is CCNc1cc(C(=O)Nc2ccc(Cl)cn2)c(Cl)cn1. The summed E-state index contributed by atoms with van der Waals surface area (Å²) in [6.07, 6.45) is 2.89. The maximum absolute atomic E-state index is 12.2. The average Bonchev–Trinajstić information content (AvgIpc) is 2.43. The van der Waals surface area contributed by atoms with Gasteiger partial charge in [0.15, 0.2) is 0 Å². The molecular weight excluding hydrogens is 299 g/mol. The summed E-state index contributed by atoms with van der Waals surface area (Å²) < 4.78 is 0. The number of rotatable bonds is 4. The second-order valence-electron chi connectivity index (χ2n) is 3.90. The Morgan fingerprint density at radius 1 is 1.20 bits per heavy atom. The zero-order valence-electron chi connectivity index (χ0n) is 10.7. The molecule has 0 aliphatic carbocycles. The fraction of sp³-hybridized carbons (Fsp3) is 0.154. The molecule has 7 heteroatoms. The highest BCUT2D eigenvalue weighted by Gasteiger charge is 2.12. The maximum atomic E-state index is 12.2. The van der Waals surface area contributed by atoms with E-state index in [0.717, 1.165) is 0 Å². The van der Waals surface area contributed by atoms with Crippen molar-refractivity contribution in [2.45, 2.75) is 6.92 Å². The predicted molar refractivity (Wildman–Crippen MR) is 80.6 cm³/mol. The van der Waals surface area contributed by atoms with Crippen LogP contribution < -0.4 is 10.6 Å². The quantitative estimate of drug-likeness (QED) is 0.907. The molecule has 2 N–H and O–H groups in total. The van der Waals surface area contributed by atoms with Crippen molar-refractivity contribution in [3.63, 3.8) is 0 Å². The standard InChI is InChI=1S/C13H12Cl2N4O/c1-2-16-12-5-9(10(15)7-18-12)13(20)19-11-4-3-8(14)6-17-11/h3-7H,2H2,1H3,(H,16,18)(H,17,19,20). The number of carbonyl (C=O) groups is 1. The molecule has 0 spiro atoms. The summed E-state index contributed by atoms with van der Waals surface area (Å²) in [5, 5.41) is 6.44. The van der Waals surface area contributed by atoms with E-state index in [2.05, 4.69) is 20.6 Å². The number of hydrogen-bond acceptors (Lipinski definition) is 4. The summed E-state index contributed by atoms with van der Waals surface area (Å²) in [5.41, 5.74) is 0.328. The van der Waals surface area contributed by atoms with Crippen molar-refractivity contribution < 1.29 is 4.79 Å². The van der Waals surface area contributed by atoms with Crippen LogP contribution in [0.5, 0.6) is 0 Å². The molecule has 1 amide bonds. The monoisotopic (exact) mass is 310 g/mol. The smallest absolute Gasteiger partial charge is 0.258 e. The number of amides is 1. The van der Waals surface area contributed by atoms with Gasteiger partial charge in [-0.2, -0.15) is 0 Å². The summed E-state index contributed by atoms with van der Waals surface area (Å²) in [5.74, 6) is 0.634. The molecule has 2 heterocycles. The van der Waals surface area contributed by atoms with E-state index in [1.807, 2.05) is 6.92 Å². The minimum atomic E-state index is -0.355. The highest BCUT2D eigenvalue weighted by Crippen LogP contribution is 2.19. The first-order valence-electron chi connectivity index (χ1n) is 5.92. The van der Waals surface area contributed by atoms with Gasteiger partial charge < -0.3 is 10.6 Å². The Kier molecular flexibility index (Phi) is 4.76. The molecule has 0 saturated heterocycles. The van der Waals surface area contributed by atoms with Gasteiger partial charge >= 0.3 is 0 Å². The third kappa shape index (κ3) is 3.59. The number of pyridine rings is 2. The molecule has 0 saturated carbocycles. The number of anilines is 2. The summed E-state index contributed by atoms with van der Waals surface area (Å²) >= 11 is 11.7. The molecule has 104 valence electrons. The third-order valence-electron chi connectivity index (χ3n) is 2.43. The molecule has 0 bridgehead atoms. The first kappa shape index (κ1) is 14.6. The Balaban J connectivity index is 2.19. The van der Waals surface area contributed by atoms with Crippen molar-refractivity contribution >= 4 is 40.7 Å². The lowest BCUT2D eigenvalue weighted by molar-refractivity contribution is 0.102. The van der Waals surface area contributed by atoms with Gasteiger partial charge in [-0.05, 0) is 25.1 Å². The van der Waals surface area contributed by atoms with Crippen LogP contribution in [0.25, 0.3) is 0 Å². The fourth-order valence-corrected chi connectivity index (χ4v) is 1.82. The molecule has 0 atom stereocenters. The van der Waals surface area contributed by atoms with Gasteiger partial charge in [0, 0.05) is 18.9 Å². The van der Waals surface area contributed by atoms with E-state index in [1.165, 1.54) is 12.4 Å². The van der Waals surface area contributed by atoms with Crippen molar-refractivity contribution in [2.75, 3.05) is 17.2 Å². The number of hydrogen-bond donors (Lipinski definition) is 2. The molecule has 2 aromatic rings. The summed E-state index contributed by atoms with van der Waals surface area (Å²) in [7, 11) is 0. The third-order valence-corrected chi connectivity index (χ3v) is 2.95. The fourth-order valence-electron chi connectivity index (χ4n) is 1.52. The van der Waals surface area contributed by atoms with Crippen molar-refractivity contribution in [3.8, 4) is 0 Å². The summed E-state index contributed by atoms with van der Waals surface area (Å²) in [6, 6.07) is 4.85. The molecule has 0 aliphatic rings. The minimum absolute atomic E-state index is 0.276. The number of nitrogens with one attached hydrogen (secondary N) is 2. The number of nitrogens with zero attached hydrogens (tertiary/aromatic N) is 2.